The van der Waals surface area contributed by atoms with E-state index in [0.29, 0.717) is 6.17 Å². The van der Waals surface area contributed by atoms with E-state index in [1.165, 1.54) is 53.7 Å². The molecule has 4 nitrogen and oxygen atoms in total. The Labute approximate surface area is 163 Å². The molecule has 1 atom stereocenters. The van der Waals surface area contributed by atoms with Gasteiger partial charge in [0.1, 0.15) is 5.75 Å². The first-order chi connectivity index (χ1) is 13.2. The smallest absolute Gasteiger partial charge is 0.119 e. The van der Waals surface area contributed by atoms with Gasteiger partial charge in [0.2, 0.25) is 0 Å². The van der Waals surface area contributed by atoms with Gasteiger partial charge in [-0.15, -0.1) is 11.3 Å². The first kappa shape index (κ1) is 16.2. The highest BCUT2D eigenvalue weighted by Gasteiger charge is 2.55. The van der Waals surface area contributed by atoms with Crippen molar-refractivity contribution >= 4 is 22.2 Å². The molecule has 0 amide bonds. The summed E-state index contributed by atoms with van der Waals surface area (Å²) < 4.78 is 5.50. The van der Waals surface area contributed by atoms with Gasteiger partial charge in [-0.3, -0.25) is 9.80 Å². The highest BCUT2D eigenvalue weighted by molar-refractivity contribution is 7.10. The fourth-order valence-corrected chi connectivity index (χ4v) is 6.86. The molecule has 7 rings (SSSR count). The number of methoxy groups -OCH3 is 1. The van der Waals surface area contributed by atoms with Crippen molar-refractivity contribution in [3.63, 3.8) is 0 Å². The van der Waals surface area contributed by atoms with E-state index in [2.05, 4.69) is 51.4 Å². The van der Waals surface area contributed by atoms with Crippen LogP contribution in [-0.4, -0.2) is 41.5 Å². The number of aromatic amines is 1. The lowest BCUT2D eigenvalue weighted by molar-refractivity contribution is -0.148. The molecular weight excluding hydrogens is 354 g/mol. The normalized spacial score (nSPS) is 29.7. The first-order valence-corrected chi connectivity index (χ1v) is 10.8. The Bertz CT molecular complexity index is 1030. The van der Waals surface area contributed by atoms with Crippen molar-refractivity contribution in [2.45, 2.75) is 37.9 Å². The van der Waals surface area contributed by atoms with Crippen LogP contribution in [0.15, 0.2) is 29.6 Å². The fourth-order valence-electron chi connectivity index (χ4n) is 5.79. The molecule has 0 saturated carbocycles. The van der Waals surface area contributed by atoms with E-state index in [0.717, 1.165) is 18.7 Å². The molecule has 0 aliphatic carbocycles. The van der Waals surface area contributed by atoms with Gasteiger partial charge in [0.15, 0.2) is 0 Å². The first-order valence-electron chi connectivity index (χ1n) is 9.95. The molecule has 2 bridgehead atoms. The molecule has 3 aromatic rings. The second-order valence-corrected chi connectivity index (χ2v) is 9.19. The zero-order chi connectivity index (χ0) is 18.2. The summed E-state index contributed by atoms with van der Waals surface area (Å²) in [6, 6.07) is 8.75. The van der Waals surface area contributed by atoms with E-state index in [9.17, 15) is 0 Å². The predicted molar refractivity (Wildman–Crippen MR) is 110 cm³/mol. The highest BCUT2D eigenvalue weighted by atomic mass is 32.1. The largest absolute Gasteiger partial charge is 0.497 e. The molecular formula is C22H25N3OS. The van der Waals surface area contributed by atoms with Crippen LogP contribution in [0.4, 0.5) is 0 Å². The van der Waals surface area contributed by atoms with Crippen LogP contribution in [0.5, 0.6) is 5.75 Å². The third-order valence-electron chi connectivity index (χ3n) is 7.13. The van der Waals surface area contributed by atoms with Crippen molar-refractivity contribution in [3.05, 3.63) is 51.3 Å². The van der Waals surface area contributed by atoms with Crippen molar-refractivity contribution in [3.8, 4) is 5.75 Å². The van der Waals surface area contributed by atoms with Gasteiger partial charge in [-0.2, -0.15) is 0 Å². The quantitative estimate of drug-likeness (QED) is 0.716. The Morgan fingerprint density at radius 3 is 2.78 bits per heavy atom. The van der Waals surface area contributed by atoms with E-state index in [1.807, 2.05) is 11.3 Å². The second-order valence-electron chi connectivity index (χ2n) is 8.24. The van der Waals surface area contributed by atoms with Gasteiger partial charge in [-0.25, -0.2) is 0 Å². The molecule has 1 N–H and O–H groups in total. The van der Waals surface area contributed by atoms with Crippen LogP contribution in [0, 0.1) is 6.92 Å². The van der Waals surface area contributed by atoms with Crippen LogP contribution in [0.25, 0.3) is 10.9 Å². The number of aromatic nitrogens is 1. The van der Waals surface area contributed by atoms with Gasteiger partial charge in [0, 0.05) is 41.1 Å². The van der Waals surface area contributed by atoms with Gasteiger partial charge in [-0.05, 0) is 67.0 Å². The number of aryl methyl sites for hydroxylation is 1. The second kappa shape index (κ2) is 5.60. The minimum Gasteiger partial charge on any atom is -0.497 e. The van der Waals surface area contributed by atoms with Crippen LogP contribution in [0.3, 0.4) is 0 Å². The zero-order valence-corrected chi connectivity index (χ0v) is 16.7. The van der Waals surface area contributed by atoms with E-state index in [4.69, 9.17) is 4.74 Å². The Hall–Kier alpha value is -1.82. The number of piperidine rings is 1. The maximum Gasteiger partial charge on any atom is 0.119 e. The van der Waals surface area contributed by atoms with E-state index in [-0.39, 0.29) is 5.54 Å². The van der Waals surface area contributed by atoms with Gasteiger partial charge in [-0.1, -0.05) is 0 Å². The number of hydrogen-bond acceptors (Lipinski definition) is 4. The molecule has 4 aliphatic rings. The van der Waals surface area contributed by atoms with Gasteiger partial charge in [0.05, 0.1) is 18.8 Å². The molecule has 1 aromatic carbocycles. The summed E-state index contributed by atoms with van der Waals surface area (Å²) in [6.07, 6.45) is 4.01. The molecule has 27 heavy (non-hydrogen) atoms. The Balaban J connectivity index is 1.53. The molecule has 0 radical (unpaired) electrons. The minimum atomic E-state index is 0.162. The molecule has 0 unspecified atom stereocenters. The number of H-pyrrole nitrogens is 1. The highest BCUT2D eigenvalue weighted by Crippen LogP contribution is 2.55. The van der Waals surface area contributed by atoms with Crippen LogP contribution in [0.1, 0.15) is 40.7 Å². The number of hydrogen-bond donors (Lipinski definition) is 1. The number of rotatable bonds is 2. The van der Waals surface area contributed by atoms with Crippen LogP contribution in [-0.2, 0) is 12.0 Å². The topological polar surface area (TPSA) is 31.5 Å². The lowest BCUT2D eigenvalue weighted by atomic mass is 9.74. The molecule has 140 valence electrons. The predicted octanol–water partition coefficient (Wildman–Crippen LogP) is 4.41. The van der Waals surface area contributed by atoms with Crippen LogP contribution in [0.2, 0.25) is 0 Å². The number of benzene rings is 1. The molecule has 6 heterocycles. The SMILES string of the molecule is COc1ccc2[nH]c3c(c2c1)CCN1[C@@H](c2sccc2C)N2CCC31CC2. The number of ether oxygens (including phenoxy) is 1. The van der Waals surface area contributed by atoms with Gasteiger partial charge < -0.3 is 9.72 Å². The zero-order valence-electron chi connectivity index (χ0n) is 15.9. The monoisotopic (exact) mass is 379 g/mol. The van der Waals surface area contributed by atoms with Crippen molar-refractivity contribution in [1.82, 2.24) is 14.8 Å². The molecule has 5 heteroatoms. The van der Waals surface area contributed by atoms with Crippen molar-refractivity contribution in [2.75, 3.05) is 26.7 Å². The number of nitrogens with zero attached hydrogens (tertiary/aromatic N) is 2. The van der Waals surface area contributed by atoms with Crippen molar-refractivity contribution < 1.29 is 4.74 Å². The van der Waals surface area contributed by atoms with E-state index < -0.39 is 0 Å². The summed E-state index contributed by atoms with van der Waals surface area (Å²) in [4.78, 5) is 10.9. The maximum absolute atomic E-state index is 5.50. The summed E-state index contributed by atoms with van der Waals surface area (Å²) in [6.45, 7) is 5.79. The van der Waals surface area contributed by atoms with Gasteiger partial charge in [0.25, 0.3) is 0 Å². The summed E-state index contributed by atoms with van der Waals surface area (Å²) in [5.41, 5.74) is 5.87. The summed E-state index contributed by atoms with van der Waals surface area (Å²) in [7, 11) is 1.76. The van der Waals surface area contributed by atoms with Crippen molar-refractivity contribution in [2.24, 2.45) is 0 Å². The number of fused-ring (bicyclic) bond motifs is 5. The lowest BCUT2D eigenvalue weighted by Gasteiger charge is -2.62. The summed E-state index contributed by atoms with van der Waals surface area (Å²) in [5, 5.41) is 3.61. The molecule has 4 aliphatic heterocycles. The molecule has 3 saturated heterocycles. The number of nitrogens with one attached hydrogen (secondary N) is 1. The Morgan fingerprint density at radius 1 is 1.19 bits per heavy atom. The standard InChI is InChI=1S/C22H25N3OS/c1-14-6-12-27-19(14)21-24-10-7-22(8-11-24)20-16(5-9-25(21)22)17-13-15(26-2)3-4-18(17)23-20/h3-4,6,12-13,21,23H,5,7-11H2,1-2H3/t21-/m0/s1. The third kappa shape index (κ3) is 2.05. The van der Waals surface area contributed by atoms with Gasteiger partial charge >= 0.3 is 0 Å². The molecule has 2 aromatic heterocycles. The van der Waals surface area contributed by atoms with Crippen molar-refractivity contribution in [1.29, 1.82) is 0 Å². The maximum atomic E-state index is 5.50. The minimum absolute atomic E-state index is 0.162. The van der Waals surface area contributed by atoms with E-state index >= 15 is 0 Å². The number of thiophene rings is 1. The Morgan fingerprint density at radius 2 is 2.04 bits per heavy atom. The third-order valence-corrected chi connectivity index (χ3v) is 8.19. The van der Waals surface area contributed by atoms with Crippen LogP contribution < -0.4 is 4.74 Å². The molecule has 3 fully saturated rings. The summed E-state index contributed by atoms with van der Waals surface area (Å²) in [5.74, 6) is 0.953. The average Bonchev–Trinajstić information content (AvgIpc) is 3.30. The average molecular weight is 380 g/mol. The van der Waals surface area contributed by atoms with E-state index in [1.54, 1.807) is 12.0 Å². The lowest BCUT2D eigenvalue weighted by Crippen LogP contribution is -2.66. The summed E-state index contributed by atoms with van der Waals surface area (Å²) >= 11 is 1.93. The Kier molecular flexibility index (Phi) is 3.35. The van der Waals surface area contributed by atoms with Crippen LogP contribution >= 0.6 is 11.3 Å². The fraction of sp³-hybridized carbons (Fsp3) is 0.455. The molecule has 1 spiro atoms.